The first-order chi connectivity index (χ1) is 15.5. The largest absolute Gasteiger partial charge is 0.493 e. The minimum Gasteiger partial charge on any atom is -0.493 e. The van der Waals surface area contributed by atoms with Gasteiger partial charge in [-0.05, 0) is 36.4 Å². The Morgan fingerprint density at radius 3 is 2.59 bits per heavy atom. The highest BCUT2D eigenvalue weighted by molar-refractivity contribution is 7.22. The number of thiazole rings is 1. The molecule has 1 aliphatic heterocycles. The number of rotatable bonds is 8. The summed E-state index contributed by atoms with van der Waals surface area (Å²) in [5, 5.41) is 5.09. The zero-order valence-corrected chi connectivity index (χ0v) is 20.0. The fraction of sp³-hybridized carbons (Fsp3) is 0.364. The summed E-state index contributed by atoms with van der Waals surface area (Å²) in [6, 6.07) is 10.8. The number of aromatic nitrogens is 1. The molecule has 32 heavy (non-hydrogen) atoms. The first-order valence-corrected chi connectivity index (χ1v) is 11.9. The molecule has 0 radical (unpaired) electrons. The SMILES string of the molecule is COc1c(Cl)ccc2sc(N3CCN(CCNC(=O)COc4ccc(Cl)cc4)CC3)nc12. The Bertz CT molecular complexity index is 1070. The molecule has 7 nitrogen and oxygen atoms in total. The Kier molecular flexibility index (Phi) is 7.57. The van der Waals surface area contributed by atoms with E-state index in [9.17, 15) is 4.79 Å². The van der Waals surface area contributed by atoms with Crippen LogP contribution in [-0.2, 0) is 4.79 Å². The number of carbonyl (C=O) groups excluding carboxylic acids is 1. The van der Waals surface area contributed by atoms with Gasteiger partial charge in [-0.3, -0.25) is 9.69 Å². The average molecular weight is 495 g/mol. The number of hydrogen-bond donors (Lipinski definition) is 1. The summed E-state index contributed by atoms with van der Waals surface area (Å²) < 4.78 is 11.9. The molecule has 0 unspecified atom stereocenters. The monoisotopic (exact) mass is 494 g/mol. The Labute approximate surface area is 200 Å². The van der Waals surface area contributed by atoms with Gasteiger partial charge in [0.25, 0.3) is 5.91 Å². The van der Waals surface area contributed by atoms with Crippen molar-refractivity contribution in [3.63, 3.8) is 0 Å². The van der Waals surface area contributed by atoms with Crippen LogP contribution in [0.5, 0.6) is 11.5 Å². The second-order valence-corrected chi connectivity index (χ2v) is 9.20. The number of benzene rings is 2. The third kappa shape index (κ3) is 5.56. The molecule has 0 saturated carbocycles. The van der Waals surface area contributed by atoms with E-state index in [0.717, 1.165) is 48.1 Å². The summed E-state index contributed by atoms with van der Waals surface area (Å²) in [5.74, 6) is 1.11. The van der Waals surface area contributed by atoms with Crippen molar-refractivity contribution >= 4 is 55.8 Å². The van der Waals surface area contributed by atoms with Gasteiger partial charge in [-0.2, -0.15) is 0 Å². The van der Waals surface area contributed by atoms with Gasteiger partial charge in [0.15, 0.2) is 17.5 Å². The number of anilines is 1. The summed E-state index contributed by atoms with van der Waals surface area (Å²) in [4.78, 5) is 21.4. The molecule has 1 fully saturated rings. The molecule has 4 rings (SSSR count). The molecule has 10 heteroatoms. The van der Waals surface area contributed by atoms with E-state index in [2.05, 4.69) is 15.1 Å². The molecule has 1 saturated heterocycles. The summed E-state index contributed by atoms with van der Waals surface area (Å²) in [7, 11) is 1.61. The maximum Gasteiger partial charge on any atom is 0.257 e. The molecular formula is C22H24Cl2N4O3S. The summed E-state index contributed by atoms with van der Waals surface area (Å²) >= 11 is 13.7. The van der Waals surface area contributed by atoms with Crippen molar-refractivity contribution in [3.8, 4) is 11.5 Å². The molecule has 0 atom stereocenters. The van der Waals surface area contributed by atoms with Gasteiger partial charge in [0.1, 0.15) is 11.3 Å². The number of fused-ring (bicyclic) bond motifs is 1. The third-order valence-electron chi connectivity index (χ3n) is 5.24. The van der Waals surface area contributed by atoms with Crippen molar-refractivity contribution in [2.75, 3.05) is 57.9 Å². The van der Waals surface area contributed by atoms with Crippen LogP contribution in [0.2, 0.25) is 10.0 Å². The molecule has 3 aromatic rings. The second-order valence-electron chi connectivity index (χ2n) is 7.35. The number of nitrogens with one attached hydrogen (secondary N) is 1. The number of carbonyl (C=O) groups is 1. The molecule has 0 spiro atoms. The average Bonchev–Trinajstić information content (AvgIpc) is 3.23. The first-order valence-electron chi connectivity index (χ1n) is 10.3. The van der Waals surface area contributed by atoms with Crippen molar-refractivity contribution in [1.29, 1.82) is 0 Å². The lowest BCUT2D eigenvalue weighted by Crippen LogP contribution is -2.48. The van der Waals surface area contributed by atoms with Crippen LogP contribution in [0.3, 0.4) is 0 Å². The predicted octanol–water partition coefficient (Wildman–Crippen LogP) is 3.93. The Balaban J connectivity index is 1.20. The van der Waals surface area contributed by atoms with E-state index in [-0.39, 0.29) is 12.5 Å². The minimum atomic E-state index is -0.138. The van der Waals surface area contributed by atoms with Crippen LogP contribution in [0.1, 0.15) is 0 Å². The van der Waals surface area contributed by atoms with Gasteiger partial charge >= 0.3 is 0 Å². The van der Waals surface area contributed by atoms with E-state index in [0.29, 0.717) is 28.1 Å². The van der Waals surface area contributed by atoms with E-state index in [1.54, 1.807) is 42.7 Å². The zero-order chi connectivity index (χ0) is 22.5. The van der Waals surface area contributed by atoms with Crippen LogP contribution in [0.15, 0.2) is 36.4 Å². The van der Waals surface area contributed by atoms with Crippen molar-refractivity contribution in [3.05, 3.63) is 46.4 Å². The van der Waals surface area contributed by atoms with Crippen molar-refractivity contribution in [2.24, 2.45) is 0 Å². The smallest absolute Gasteiger partial charge is 0.257 e. The van der Waals surface area contributed by atoms with Gasteiger partial charge in [0.2, 0.25) is 0 Å². The highest BCUT2D eigenvalue weighted by atomic mass is 35.5. The molecule has 0 bridgehead atoms. The number of hydrogen-bond acceptors (Lipinski definition) is 7. The fourth-order valence-electron chi connectivity index (χ4n) is 3.51. The second kappa shape index (κ2) is 10.6. The van der Waals surface area contributed by atoms with Gasteiger partial charge in [0.05, 0.1) is 16.8 Å². The maximum atomic E-state index is 12.0. The van der Waals surface area contributed by atoms with Crippen LogP contribution in [-0.4, -0.2) is 68.8 Å². The quantitative estimate of drug-likeness (QED) is 0.511. The highest BCUT2D eigenvalue weighted by Gasteiger charge is 2.21. The standard InChI is InChI=1S/C22H24Cl2N4O3S/c1-30-21-17(24)6-7-18-20(21)26-22(32-18)28-12-10-27(11-13-28)9-8-25-19(29)14-31-16-4-2-15(23)3-5-16/h2-7H,8-14H2,1H3,(H,25,29). The predicted molar refractivity (Wildman–Crippen MR) is 130 cm³/mol. The van der Waals surface area contributed by atoms with E-state index in [1.807, 2.05) is 12.1 Å². The molecule has 170 valence electrons. The third-order valence-corrected chi connectivity index (χ3v) is 6.87. The van der Waals surface area contributed by atoms with Gasteiger partial charge in [-0.25, -0.2) is 4.98 Å². The van der Waals surface area contributed by atoms with Crippen LogP contribution < -0.4 is 19.7 Å². The topological polar surface area (TPSA) is 66.9 Å². The van der Waals surface area contributed by atoms with Crippen LogP contribution >= 0.6 is 34.5 Å². The molecule has 0 aliphatic carbocycles. The number of nitrogens with zero attached hydrogens (tertiary/aromatic N) is 3. The molecule has 2 heterocycles. The summed E-state index contributed by atoms with van der Waals surface area (Å²) in [5.41, 5.74) is 0.811. The highest BCUT2D eigenvalue weighted by Crippen LogP contribution is 2.38. The number of halogens is 2. The maximum absolute atomic E-state index is 12.0. The molecule has 1 N–H and O–H groups in total. The number of ether oxygens (including phenoxy) is 2. The fourth-order valence-corrected chi connectivity index (χ4v) is 4.88. The Morgan fingerprint density at radius 2 is 1.88 bits per heavy atom. The Hall–Kier alpha value is -2.26. The van der Waals surface area contributed by atoms with E-state index < -0.39 is 0 Å². The van der Waals surface area contributed by atoms with E-state index in [4.69, 9.17) is 37.7 Å². The van der Waals surface area contributed by atoms with Crippen molar-refractivity contribution in [2.45, 2.75) is 0 Å². The van der Waals surface area contributed by atoms with Crippen LogP contribution in [0.4, 0.5) is 5.13 Å². The van der Waals surface area contributed by atoms with Gasteiger partial charge in [-0.1, -0.05) is 34.5 Å². The number of amides is 1. The van der Waals surface area contributed by atoms with Crippen LogP contribution in [0, 0.1) is 0 Å². The van der Waals surface area contributed by atoms with Gasteiger partial charge in [-0.15, -0.1) is 0 Å². The zero-order valence-electron chi connectivity index (χ0n) is 17.6. The van der Waals surface area contributed by atoms with Crippen LogP contribution in [0.25, 0.3) is 10.2 Å². The lowest BCUT2D eigenvalue weighted by molar-refractivity contribution is -0.123. The molecule has 1 aliphatic rings. The van der Waals surface area contributed by atoms with Crippen molar-refractivity contribution in [1.82, 2.24) is 15.2 Å². The lowest BCUT2D eigenvalue weighted by Gasteiger charge is -2.34. The van der Waals surface area contributed by atoms with E-state index in [1.165, 1.54) is 0 Å². The minimum absolute atomic E-state index is 0.0134. The summed E-state index contributed by atoms with van der Waals surface area (Å²) in [6.07, 6.45) is 0. The number of piperazine rings is 1. The molecular weight excluding hydrogens is 471 g/mol. The first kappa shape index (κ1) is 22.9. The van der Waals surface area contributed by atoms with Gasteiger partial charge in [0, 0.05) is 44.3 Å². The molecule has 1 aromatic heterocycles. The lowest BCUT2D eigenvalue weighted by atomic mass is 10.3. The van der Waals surface area contributed by atoms with Gasteiger partial charge < -0.3 is 19.7 Å². The van der Waals surface area contributed by atoms with E-state index >= 15 is 0 Å². The Morgan fingerprint density at radius 1 is 1.12 bits per heavy atom. The normalized spacial score (nSPS) is 14.5. The molecule has 1 amide bonds. The summed E-state index contributed by atoms with van der Waals surface area (Å²) in [6.45, 7) is 4.94. The molecule has 2 aromatic carbocycles. The number of methoxy groups -OCH3 is 1. The van der Waals surface area contributed by atoms with Crippen molar-refractivity contribution < 1.29 is 14.3 Å².